The topological polar surface area (TPSA) is 29.5 Å². The van der Waals surface area contributed by atoms with Gasteiger partial charge in [0.25, 0.3) is 0 Å². The molecule has 0 heterocycles. The molecule has 1 aliphatic carbocycles. The molecule has 94 valence electrons. The first kappa shape index (κ1) is 11.5. The molecule has 0 saturated heterocycles. The third-order valence-electron chi connectivity index (χ3n) is 3.98. The lowest BCUT2D eigenvalue weighted by Gasteiger charge is -2.12. The van der Waals surface area contributed by atoms with Gasteiger partial charge in [-0.3, -0.25) is 0 Å². The van der Waals surface area contributed by atoms with Gasteiger partial charge in [-0.15, -0.1) is 0 Å². The fourth-order valence-corrected chi connectivity index (χ4v) is 2.92. The van der Waals surface area contributed by atoms with Crippen LogP contribution in [-0.2, 0) is 0 Å². The Morgan fingerprint density at radius 2 is 2.00 bits per heavy atom. The van der Waals surface area contributed by atoms with Crippen molar-refractivity contribution < 1.29 is 9.84 Å². The van der Waals surface area contributed by atoms with Gasteiger partial charge in [0.2, 0.25) is 0 Å². The number of rotatable bonds is 3. The van der Waals surface area contributed by atoms with Crippen molar-refractivity contribution in [2.24, 2.45) is 5.92 Å². The van der Waals surface area contributed by atoms with E-state index in [1.807, 2.05) is 13.0 Å². The Hall–Kier alpha value is -1.54. The van der Waals surface area contributed by atoms with E-state index in [4.69, 9.17) is 4.74 Å². The summed E-state index contributed by atoms with van der Waals surface area (Å²) >= 11 is 0. The van der Waals surface area contributed by atoms with E-state index in [-0.39, 0.29) is 6.10 Å². The summed E-state index contributed by atoms with van der Waals surface area (Å²) in [7, 11) is 1.72. The highest BCUT2D eigenvalue weighted by molar-refractivity contribution is 5.88. The molecule has 0 radical (unpaired) electrons. The second-order valence-electron chi connectivity index (χ2n) is 5.15. The second-order valence-corrected chi connectivity index (χ2v) is 5.15. The number of aliphatic hydroxyl groups excluding tert-OH is 1. The van der Waals surface area contributed by atoms with E-state index >= 15 is 0 Å². The minimum atomic E-state index is -0.237. The molecule has 3 rings (SSSR count). The molecule has 1 N–H and O–H groups in total. The van der Waals surface area contributed by atoms with Crippen LogP contribution in [0.15, 0.2) is 36.4 Å². The number of hydrogen-bond donors (Lipinski definition) is 1. The standard InChI is InChI=1S/C16H18O2/c1-10(17)13-9-14(13)16-12-6-4-3-5-11(12)7-8-15(16)18-2/h3-8,10,13-14,17H,9H2,1-2H3/t10-,13+,14-/m0/s1. The van der Waals surface area contributed by atoms with Crippen LogP contribution in [0.1, 0.15) is 24.8 Å². The molecule has 0 unspecified atom stereocenters. The molecule has 2 nitrogen and oxygen atoms in total. The van der Waals surface area contributed by atoms with Crippen molar-refractivity contribution >= 4 is 10.8 Å². The zero-order valence-corrected chi connectivity index (χ0v) is 10.8. The van der Waals surface area contributed by atoms with Crippen LogP contribution in [0.3, 0.4) is 0 Å². The third kappa shape index (κ3) is 1.77. The predicted octanol–water partition coefficient (Wildman–Crippen LogP) is 3.33. The van der Waals surface area contributed by atoms with Crippen LogP contribution in [0.5, 0.6) is 5.75 Å². The van der Waals surface area contributed by atoms with Crippen LogP contribution in [0.2, 0.25) is 0 Å². The van der Waals surface area contributed by atoms with Gasteiger partial charge < -0.3 is 9.84 Å². The molecular weight excluding hydrogens is 224 g/mol. The largest absolute Gasteiger partial charge is 0.496 e. The van der Waals surface area contributed by atoms with Crippen molar-refractivity contribution in [1.29, 1.82) is 0 Å². The summed E-state index contributed by atoms with van der Waals surface area (Å²) in [5.41, 5.74) is 1.27. The molecule has 0 amide bonds. The van der Waals surface area contributed by atoms with E-state index in [9.17, 15) is 5.11 Å². The number of methoxy groups -OCH3 is 1. The van der Waals surface area contributed by atoms with Crippen molar-refractivity contribution in [2.45, 2.75) is 25.4 Å². The summed E-state index contributed by atoms with van der Waals surface area (Å²) in [6.45, 7) is 1.88. The molecule has 0 bridgehead atoms. The van der Waals surface area contributed by atoms with E-state index < -0.39 is 0 Å². The maximum absolute atomic E-state index is 9.72. The Bertz CT molecular complexity index is 574. The number of benzene rings is 2. The van der Waals surface area contributed by atoms with Crippen LogP contribution in [0.4, 0.5) is 0 Å². The number of aliphatic hydroxyl groups is 1. The molecule has 0 aromatic heterocycles. The SMILES string of the molecule is COc1ccc2ccccc2c1[C@H]1C[C@@H]1[C@H](C)O. The Labute approximate surface area is 107 Å². The highest BCUT2D eigenvalue weighted by Gasteiger charge is 2.43. The van der Waals surface area contributed by atoms with Crippen LogP contribution < -0.4 is 4.74 Å². The summed E-state index contributed by atoms with van der Waals surface area (Å²) < 4.78 is 5.50. The molecular formula is C16H18O2. The average Bonchev–Trinajstić information content (AvgIpc) is 3.17. The molecule has 0 spiro atoms. The fourth-order valence-electron chi connectivity index (χ4n) is 2.92. The van der Waals surface area contributed by atoms with Gasteiger partial charge in [-0.2, -0.15) is 0 Å². The summed E-state index contributed by atoms with van der Waals surface area (Å²) in [6.07, 6.45) is 0.820. The van der Waals surface area contributed by atoms with Crippen LogP contribution in [-0.4, -0.2) is 18.3 Å². The maximum Gasteiger partial charge on any atom is 0.122 e. The summed E-state index contributed by atoms with van der Waals surface area (Å²) in [5.74, 6) is 1.76. The highest BCUT2D eigenvalue weighted by atomic mass is 16.5. The number of fused-ring (bicyclic) bond motifs is 1. The Balaban J connectivity index is 2.14. The number of ether oxygens (including phenoxy) is 1. The molecule has 1 aliphatic rings. The Morgan fingerprint density at radius 3 is 2.67 bits per heavy atom. The van der Waals surface area contributed by atoms with E-state index in [1.165, 1.54) is 16.3 Å². The van der Waals surface area contributed by atoms with E-state index in [2.05, 4.69) is 30.3 Å². The summed E-state index contributed by atoms with van der Waals surface area (Å²) in [4.78, 5) is 0. The van der Waals surface area contributed by atoms with Crippen LogP contribution >= 0.6 is 0 Å². The van der Waals surface area contributed by atoms with Crippen molar-refractivity contribution in [1.82, 2.24) is 0 Å². The van der Waals surface area contributed by atoms with Gasteiger partial charge in [0.1, 0.15) is 5.75 Å². The van der Waals surface area contributed by atoms with Crippen LogP contribution in [0, 0.1) is 5.92 Å². The van der Waals surface area contributed by atoms with E-state index in [0.29, 0.717) is 11.8 Å². The summed E-state index contributed by atoms with van der Waals surface area (Å²) in [6, 6.07) is 12.5. The monoisotopic (exact) mass is 242 g/mol. The lowest BCUT2D eigenvalue weighted by Crippen LogP contribution is -2.04. The molecule has 3 atom stereocenters. The van der Waals surface area contributed by atoms with Gasteiger partial charge in [0.15, 0.2) is 0 Å². The fraction of sp³-hybridized carbons (Fsp3) is 0.375. The van der Waals surface area contributed by atoms with Gasteiger partial charge in [-0.25, -0.2) is 0 Å². The molecule has 18 heavy (non-hydrogen) atoms. The molecule has 2 aromatic rings. The van der Waals surface area contributed by atoms with Crippen molar-refractivity contribution in [3.63, 3.8) is 0 Å². The van der Waals surface area contributed by atoms with Crippen molar-refractivity contribution in [3.8, 4) is 5.75 Å². The van der Waals surface area contributed by atoms with Gasteiger partial charge >= 0.3 is 0 Å². The van der Waals surface area contributed by atoms with Crippen LogP contribution in [0.25, 0.3) is 10.8 Å². The molecule has 1 saturated carbocycles. The van der Waals surface area contributed by atoms with E-state index in [0.717, 1.165) is 12.2 Å². The highest BCUT2D eigenvalue weighted by Crippen LogP contribution is 2.54. The lowest BCUT2D eigenvalue weighted by molar-refractivity contribution is 0.168. The van der Waals surface area contributed by atoms with Crippen molar-refractivity contribution in [3.05, 3.63) is 42.0 Å². The Kier molecular flexibility index (Phi) is 2.75. The maximum atomic E-state index is 9.72. The first-order chi connectivity index (χ1) is 8.72. The molecule has 0 aliphatic heterocycles. The van der Waals surface area contributed by atoms with Gasteiger partial charge in [-0.1, -0.05) is 30.3 Å². The lowest BCUT2D eigenvalue weighted by atomic mass is 9.98. The summed E-state index contributed by atoms with van der Waals surface area (Å²) in [5, 5.41) is 12.2. The molecule has 2 aromatic carbocycles. The van der Waals surface area contributed by atoms with Gasteiger partial charge in [0.05, 0.1) is 13.2 Å². The predicted molar refractivity (Wildman–Crippen MR) is 73.0 cm³/mol. The zero-order valence-electron chi connectivity index (χ0n) is 10.8. The first-order valence-corrected chi connectivity index (χ1v) is 6.46. The normalized spacial score (nSPS) is 23.9. The smallest absolute Gasteiger partial charge is 0.122 e. The quantitative estimate of drug-likeness (QED) is 0.894. The second kappa shape index (κ2) is 4.29. The molecule has 2 heteroatoms. The zero-order chi connectivity index (χ0) is 12.7. The number of hydrogen-bond acceptors (Lipinski definition) is 2. The van der Waals surface area contributed by atoms with Crippen molar-refractivity contribution in [2.75, 3.05) is 7.11 Å². The minimum Gasteiger partial charge on any atom is -0.496 e. The molecule has 1 fully saturated rings. The average molecular weight is 242 g/mol. The van der Waals surface area contributed by atoms with Gasteiger partial charge in [0, 0.05) is 5.56 Å². The first-order valence-electron chi connectivity index (χ1n) is 6.46. The Morgan fingerprint density at radius 1 is 1.22 bits per heavy atom. The van der Waals surface area contributed by atoms with Gasteiger partial charge in [-0.05, 0) is 42.0 Å². The third-order valence-corrected chi connectivity index (χ3v) is 3.98. The minimum absolute atomic E-state index is 0.237. The van der Waals surface area contributed by atoms with E-state index in [1.54, 1.807) is 7.11 Å².